The van der Waals surface area contributed by atoms with Crippen LogP contribution in [0.4, 0.5) is 4.39 Å². The second-order valence-electron chi connectivity index (χ2n) is 4.26. The molecule has 2 rings (SSSR count). The van der Waals surface area contributed by atoms with E-state index in [9.17, 15) is 9.50 Å². The molecule has 100 valence electrons. The van der Waals surface area contributed by atoms with Gasteiger partial charge in [0.15, 0.2) is 0 Å². The summed E-state index contributed by atoms with van der Waals surface area (Å²) in [6, 6.07) is 11.9. The lowest BCUT2D eigenvalue weighted by Gasteiger charge is -2.14. The van der Waals surface area contributed by atoms with Crippen molar-refractivity contribution < 1.29 is 9.50 Å². The van der Waals surface area contributed by atoms with Gasteiger partial charge in [-0.3, -0.25) is 0 Å². The Hall–Kier alpha value is -1.03. The first-order valence-corrected chi connectivity index (χ1v) is 7.25. The van der Waals surface area contributed by atoms with E-state index < -0.39 is 6.10 Å². The zero-order chi connectivity index (χ0) is 13.8. The van der Waals surface area contributed by atoms with Crippen LogP contribution in [0.2, 0.25) is 5.02 Å². The van der Waals surface area contributed by atoms with Crippen molar-refractivity contribution in [3.8, 4) is 0 Å². The molecular formula is C15H14ClFOS. The van der Waals surface area contributed by atoms with Crippen LogP contribution in [0, 0.1) is 12.7 Å². The summed E-state index contributed by atoms with van der Waals surface area (Å²) in [5, 5.41) is 10.8. The summed E-state index contributed by atoms with van der Waals surface area (Å²) in [7, 11) is 0. The van der Waals surface area contributed by atoms with Gasteiger partial charge in [0.05, 0.1) is 11.1 Å². The van der Waals surface area contributed by atoms with Crippen LogP contribution < -0.4 is 0 Å². The minimum Gasteiger partial charge on any atom is -0.388 e. The van der Waals surface area contributed by atoms with Gasteiger partial charge in [-0.2, -0.15) is 0 Å². The third kappa shape index (κ3) is 3.72. The van der Waals surface area contributed by atoms with Crippen molar-refractivity contribution in [2.45, 2.75) is 17.9 Å². The van der Waals surface area contributed by atoms with Gasteiger partial charge < -0.3 is 5.11 Å². The number of hydrogen-bond acceptors (Lipinski definition) is 2. The maximum Gasteiger partial charge on any atom is 0.123 e. The molecule has 1 N–H and O–H groups in total. The minimum atomic E-state index is -0.711. The normalized spacial score (nSPS) is 12.4. The van der Waals surface area contributed by atoms with Gasteiger partial charge in [-0.05, 0) is 42.3 Å². The zero-order valence-electron chi connectivity index (χ0n) is 10.4. The Labute approximate surface area is 121 Å². The van der Waals surface area contributed by atoms with Gasteiger partial charge in [-0.25, -0.2) is 4.39 Å². The molecule has 4 heteroatoms. The molecule has 2 aromatic rings. The molecule has 19 heavy (non-hydrogen) atoms. The number of hydrogen-bond donors (Lipinski definition) is 1. The SMILES string of the molecule is Cc1ccc(F)cc1C(O)CSc1ccccc1Cl. The summed E-state index contributed by atoms with van der Waals surface area (Å²) in [6.45, 7) is 1.86. The van der Waals surface area contributed by atoms with E-state index in [0.717, 1.165) is 10.5 Å². The molecule has 1 nitrogen and oxygen atoms in total. The molecule has 1 unspecified atom stereocenters. The van der Waals surface area contributed by atoms with Crippen LogP contribution in [0.25, 0.3) is 0 Å². The van der Waals surface area contributed by atoms with Crippen molar-refractivity contribution in [2.24, 2.45) is 0 Å². The first kappa shape index (κ1) is 14.4. The molecule has 0 spiro atoms. The van der Waals surface area contributed by atoms with Gasteiger partial charge >= 0.3 is 0 Å². The number of thioether (sulfide) groups is 1. The summed E-state index contributed by atoms with van der Waals surface area (Å²) in [5.41, 5.74) is 1.51. The van der Waals surface area contributed by atoms with E-state index in [1.54, 1.807) is 6.07 Å². The smallest absolute Gasteiger partial charge is 0.123 e. The molecule has 0 aliphatic heterocycles. The van der Waals surface area contributed by atoms with E-state index in [4.69, 9.17) is 11.6 Å². The lowest BCUT2D eigenvalue weighted by atomic mass is 10.0. The highest BCUT2D eigenvalue weighted by molar-refractivity contribution is 7.99. The average molecular weight is 297 g/mol. The first-order valence-electron chi connectivity index (χ1n) is 5.89. The Balaban J connectivity index is 2.07. The number of aliphatic hydroxyl groups is 1. The number of aryl methyl sites for hydroxylation is 1. The summed E-state index contributed by atoms with van der Waals surface area (Å²) in [5.74, 6) is 0.107. The summed E-state index contributed by atoms with van der Waals surface area (Å²) in [6.07, 6.45) is -0.711. The first-order chi connectivity index (χ1) is 9.08. The number of benzene rings is 2. The van der Waals surface area contributed by atoms with Crippen LogP contribution in [-0.2, 0) is 0 Å². The lowest BCUT2D eigenvalue weighted by Crippen LogP contribution is -2.03. The highest BCUT2D eigenvalue weighted by Gasteiger charge is 2.12. The quantitative estimate of drug-likeness (QED) is 0.831. The summed E-state index contributed by atoms with van der Waals surface area (Å²) < 4.78 is 13.2. The number of rotatable bonds is 4. The predicted octanol–water partition coefficient (Wildman–Crippen LogP) is 4.61. The zero-order valence-corrected chi connectivity index (χ0v) is 12.0. The van der Waals surface area contributed by atoms with Gasteiger partial charge in [0, 0.05) is 10.6 Å². The number of halogens is 2. The van der Waals surface area contributed by atoms with Crippen LogP contribution in [0.1, 0.15) is 17.2 Å². The van der Waals surface area contributed by atoms with Crippen molar-refractivity contribution in [3.63, 3.8) is 0 Å². The lowest BCUT2D eigenvalue weighted by molar-refractivity contribution is 0.203. The van der Waals surface area contributed by atoms with Gasteiger partial charge in [0.25, 0.3) is 0 Å². The molecule has 1 atom stereocenters. The Kier molecular flexibility index (Phi) is 4.86. The summed E-state index contributed by atoms with van der Waals surface area (Å²) in [4.78, 5) is 0.914. The van der Waals surface area contributed by atoms with Crippen LogP contribution in [0.15, 0.2) is 47.4 Å². The highest BCUT2D eigenvalue weighted by atomic mass is 35.5. The second-order valence-corrected chi connectivity index (χ2v) is 5.73. The third-order valence-corrected chi connectivity index (χ3v) is 4.42. The Morgan fingerprint density at radius 2 is 2.00 bits per heavy atom. The molecule has 0 amide bonds. The fourth-order valence-electron chi connectivity index (χ4n) is 1.79. The Morgan fingerprint density at radius 1 is 1.26 bits per heavy atom. The minimum absolute atomic E-state index is 0.331. The van der Waals surface area contributed by atoms with Crippen molar-refractivity contribution >= 4 is 23.4 Å². The van der Waals surface area contributed by atoms with Crippen LogP contribution >= 0.6 is 23.4 Å². The van der Waals surface area contributed by atoms with E-state index in [1.165, 1.54) is 23.9 Å². The molecular weight excluding hydrogens is 283 g/mol. The predicted molar refractivity (Wildman–Crippen MR) is 78.3 cm³/mol. The van der Waals surface area contributed by atoms with E-state index in [1.807, 2.05) is 31.2 Å². The van der Waals surface area contributed by atoms with E-state index in [-0.39, 0.29) is 5.82 Å². The maximum absolute atomic E-state index is 13.2. The van der Waals surface area contributed by atoms with Crippen molar-refractivity contribution in [3.05, 3.63) is 64.4 Å². The molecule has 0 heterocycles. The van der Waals surface area contributed by atoms with Gasteiger partial charge in [-0.1, -0.05) is 29.8 Å². The van der Waals surface area contributed by atoms with Crippen molar-refractivity contribution in [1.82, 2.24) is 0 Å². The maximum atomic E-state index is 13.2. The largest absolute Gasteiger partial charge is 0.388 e. The monoisotopic (exact) mass is 296 g/mol. The molecule has 0 aliphatic carbocycles. The standard InChI is InChI=1S/C15H14ClFOS/c1-10-6-7-11(17)8-12(10)14(18)9-19-15-5-3-2-4-13(15)16/h2-8,14,18H,9H2,1H3. The van der Waals surface area contributed by atoms with Gasteiger partial charge in [0.2, 0.25) is 0 Å². The highest BCUT2D eigenvalue weighted by Crippen LogP contribution is 2.31. The van der Waals surface area contributed by atoms with Crippen LogP contribution in [0.3, 0.4) is 0 Å². The van der Waals surface area contributed by atoms with Crippen molar-refractivity contribution in [2.75, 3.05) is 5.75 Å². The molecule has 0 aliphatic rings. The second kappa shape index (κ2) is 6.42. The molecule has 0 fully saturated rings. The molecule has 2 aromatic carbocycles. The fraction of sp³-hybridized carbons (Fsp3) is 0.200. The molecule has 0 saturated heterocycles. The molecule has 0 bridgehead atoms. The van der Waals surface area contributed by atoms with Crippen LogP contribution in [0.5, 0.6) is 0 Å². The Bertz CT molecular complexity index is 574. The number of aliphatic hydroxyl groups excluding tert-OH is 1. The van der Waals surface area contributed by atoms with Gasteiger partial charge in [0.1, 0.15) is 5.82 Å². The van der Waals surface area contributed by atoms with E-state index >= 15 is 0 Å². The average Bonchev–Trinajstić information content (AvgIpc) is 2.40. The third-order valence-electron chi connectivity index (χ3n) is 2.83. The van der Waals surface area contributed by atoms with Crippen LogP contribution in [-0.4, -0.2) is 10.9 Å². The van der Waals surface area contributed by atoms with E-state index in [0.29, 0.717) is 16.3 Å². The Morgan fingerprint density at radius 3 is 2.74 bits per heavy atom. The summed E-state index contributed by atoms with van der Waals surface area (Å²) >= 11 is 7.51. The fourth-order valence-corrected chi connectivity index (χ4v) is 2.99. The molecule has 0 radical (unpaired) electrons. The van der Waals surface area contributed by atoms with Gasteiger partial charge in [-0.15, -0.1) is 11.8 Å². The topological polar surface area (TPSA) is 20.2 Å². The molecule has 0 aromatic heterocycles. The van der Waals surface area contributed by atoms with Crippen molar-refractivity contribution in [1.29, 1.82) is 0 Å². The van der Waals surface area contributed by atoms with E-state index in [2.05, 4.69) is 0 Å². The molecule has 0 saturated carbocycles.